The highest BCUT2D eigenvalue weighted by Crippen LogP contribution is 2.48. The molecule has 3 aromatic heterocycles. The third-order valence-corrected chi connectivity index (χ3v) is 6.97. The summed E-state index contributed by atoms with van der Waals surface area (Å²) in [7, 11) is 2.00. The van der Waals surface area contributed by atoms with Crippen molar-refractivity contribution < 1.29 is 0 Å². The summed E-state index contributed by atoms with van der Waals surface area (Å²) in [5.41, 5.74) is 4.51. The van der Waals surface area contributed by atoms with E-state index in [2.05, 4.69) is 39.2 Å². The number of aryl methyl sites for hydroxylation is 2. The molecule has 0 fully saturated rings. The van der Waals surface area contributed by atoms with Crippen LogP contribution >= 0.6 is 39.0 Å². The minimum Gasteiger partial charge on any atom is -0.369 e. The molecule has 0 aromatic carbocycles. The van der Waals surface area contributed by atoms with Crippen molar-refractivity contribution in [2.24, 2.45) is 7.05 Å². The van der Waals surface area contributed by atoms with E-state index in [4.69, 9.17) is 5.10 Å². The zero-order valence-electron chi connectivity index (χ0n) is 13.4. The molecule has 0 bridgehead atoms. The maximum atomic E-state index is 4.79. The summed E-state index contributed by atoms with van der Waals surface area (Å²) in [6.07, 6.45) is 1.83. The smallest absolute Gasteiger partial charge is 0.129 e. The number of fused-ring (bicyclic) bond motifs is 1. The number of rotatable bonds is 2. The number of anilines is 1. The molecule has 1 unspecified atom stereocenters. The van der Waals surface area contributed by atoms with Crippen LogP contribution in [-0.4, -0.2) is 27.1 Å². The van der Waals surface area contributed by atoms with Gasteiger partial charge in [-0.3, -0.25) is 9.67 Å². The van der Waals surface area contributed by atoms with Crippen LogP contribution in [0.15, 0.2) is 34.2 Å². The van der Waals surface area contributed by atoms with E-state index in [0.717, 1.165) is 29.5 Å². The number of halogens is 1. The number of thioether (sulfide) groups is 1. The number of aromatic nitrogens is 3. The van der Waals surface area contributed by atoms with Crippen LogP contribution in [0.2, 0.25) is 0 Å². The first-order chi connectivity index (χ1) is 11.6. The van der Waals surface area contributed by atoms with Crippen molar-refractivity contribution in [3.05, 3.63) is 50.3 Å². The van der Waals surface area contributed by atoms with Crippen LogP contribution in [0.5, 0.6) is 0 Å². The Labute approximate surface area is 157 Å². The van der Waals surface area contributed by atoms with E-state index >= 15 is 0 Å². The van der Waals surface area contributed by atoms with E-state index < -0.39 is 0 Å². The van der Waals surface area contributed by atoms with Gasteiger partial charge in [-0.05, 0) is 46.6 Å². The lowest BCUT2D eigenvalue weighted by molar-refractivity contribution is 0.773. The van der Waals surface area contributed by atoms with Crippen molar-refractivity contribution in [3.8, 4) is 11.4 Å². The van der Waals surface area contributed by atoms with Crippen molar-refractivity contribution in [1.82, 2.24) is 14.8 Å². The van der Waals surface area contributed by atoms with Crippen LogP contribution in [0.1, 0.15) is 21.3 Å². The molecule has 1 aliphatic heterocycles. The lowest BCUT2D eigenvalue weighted by Gasteiger charge is -2.16. The van der Waals surface area contributed by atoms with Gasteiger partial charge in [0.15, 0.2) is 0 Å². The Morgan fingerprint density at radius 3 is 2.96 bits per heavy atom. The molecule has 4 rings (SSSR count). The Morgan fingerprint density at radius 2 is 2.25 bits per heavy atom. The van der Waals surface area contributed by atoms with Crippen LogP contribution < -0.4 is 5.32 Å². The molecule has 124 valence electrons. The fraction of sp³-hybridized carbons (Fsp3) is 0.294. The van der Waals surface area contributed by atoms with Gasteiger partial charge in [-0.15, -0.1) is 23.1 Å². The summed E-state index contributed by atoms with van der Waals surface area (Å²) in [4.78, 5) is 5.89. The SMILES string of the molecule is Cc1sc(Br)cc1C1SCCNc2c1c(-c1ccccn1)nn2C. The maximum Gasteiger partial charge on any atom is 0.129 e. The molecule has 0 saturated heterocycles. The van der Waals surface area contributed by atoms with Crippen LogP contribution in [0.4, 0.5) is 5.82 Å². The van der Waals surface area contributed by atoms with Crippen LogP contribution in [-0.2, 0) is 7.05 Å². The van der Waals surface area contributed by atoms with Crippen LogP contribution in [0.25, 0.3) is 11.4 Å². The van der Waals surface area contributed by atoms with Crippen molar-refractivity contribution in [2.45, 2.75) is 12.2 Å². The summed E-state index contributed by atoms with van der Waals surface area (Å²) < 4.78 is 3.13. The highest BCUT2D eigenvalue weighted by Gasteiger charge is 2.31. The molecule has 0 radical (unpaired) electrons. The minimum absolute atomic E-state index is 0.267. The Bertz CT molecular complexity index is 872. The third-order valence-electron chi connectivity index (χ3n) is 4.14. The second-order valence-electron chi connectivity index (χ2n) is 5.69. The first-order valence-corrected chi connectivity index (χ1v) is 10.4. The van der Waals surface area contributed by atoms with Crippen molar-refractivity contribution in [1.29, 1.82) is 0 Å². The first kappa shape index (κ1) is 16.2. The van der Waals surface area contributed by atoms with E-state index in [1.165, 1.54) is 19.8 Å². The molecule has 4 nitrogen and oxygen atoms in total. The fourth-order valence-corrected chi connectivity index (χ4v) is 6.18. The molecular weight excluding hydrogens is 404 g/mol. The van der Waals surface area contributed by atoms with E-state index in [-0.39, 0.29) is 5.25 Å². The van der Waals surface area contributed by atoms with E-state index in [1.807, 2.05) is 47.9 Å². The number of hydrogen-bond donors (Lipinski definition) is 1. The monoisotopic (exact) mass is 420 g/mol. The standard InChI is InChI=1S/C17H17BrN4S2/c1-10-11(9-13(18)24-10)16-14-15(12-5-3-4-6-19-12)21-22(2)17(14)20-7-8-23-16/h3-6,9,16,20H,7-8H2,1-2H3. The average molecular weight is 421 g/mol. The molecule has 1 N–H and O–H groups in total. The van der Waals surface area contributed by atoms with Crippen molar-refractivity contribution in [2.75, 3.05) is 17.6 Å². The van der Waals surface area contributed by atoms with Gasteiger partial charge in [-0.2, -0.15) is 5.10 Å². The normalized spacial score (nSPS) is 17.2. The van der Waals surface area contributed by atoms with E-state index in [0.29, 0.717) is 0 Å². The molecule has 7 heteroatoms. The predicted molar refractivity (Wildman–Crippen MR) is 106 cm³/mol. The maximum absolute atomic E-state index is 4.79. The Morgan fingerprint density at radius 1 is 1.38 bits per heavy atom. The Hall–Kier alpha value is -1.31. The first-order valence-electron chi connectivity index (χ1n) is 7.74. The van der Waals surface area contributed by atoms with Gasteiger partial charge in [0.25, 0.3) is 0 Å². The number of nitrogens with zero attached hydrogens (tertiary/aromatic N) is 3. The molecule has 24 heavy (non-hydrogen) atoms. The van der Waals surface area contributed by atoms with Crippen molar-refractivity contribution >= 4 is 44.8 Å². The molecule has 4 heterocycles. The molecule has 0 saturated carbocycles. The number of pyridine rings is 1. The molecule has 1 atom stereocenters. The van der Waals surface area contributed by atoms with Crippen LogP contribution in [0, 0.1) is 6.92 Å². The van der Waals surface area contributed by atoms with Gasteiger partial charge in [0.05, 0.1) is 14.7 Å². The molecule has 0 aliphatic carbocycles. The zero-order valence-corrected chi connectivity index (χ0v) is 16.6. The predicted octanol–water partition coefficient (Wildman–Crippen LogP) is 4.86. The molecule has 0 spiro atoms. The molecular formula is C17H17BrN4S2. The lowest BCUT2D eigenvalue weighted by Crippen LogP contribution is -2.06. The second kappa shape index (κ2) is 6.54. The van der Waals surface area contributed by atoms with Gasteiger partial charge in [-0.1, -0.05) is 6.07 Å². The summed E-state index contributed by atoms with van der Waals surface area (Å²) in [5, 5.41) is 8.61. The van der Waals surface area contributed by atoms with Gasteiger partial charge >= 0.3 is 0 Å². The lowest BCUT2D eigenvalue weighted by atomic mass is 10.0. The largest absolute Gasteiger partial charge is 0.369 e. The summed E-state index contributed by atoms with van der Waals surface area (Å²) in [5.74, 6) is 2.17. The Balaban J connectivity index is 1.93. The summed E-state index contributed by atoms with van der Waals surface area (Å²) in [6, 6.07) is 8.24. The van der Waals surface area contributed by atoms with Crippen molar-refractivity contribution in [3.63, 3.8) is 0 Å². The topological polar surface area (TPSA) is 42.7 Å². The molecule has 3 aromatic rings. The highest BCUT2D eigenvalue weighted by molar-refractivity contribution is 9.11. The molecule has 1 aliphatic rings. The van der Waals surface area contributed by atoms with Gasteiger partial charge in [0.1, 0.15) is 11.5 Å². The number of nitrogens with one attached hydrogen (secondary N) is 1. The summed E-state index contributed by atoms with van der Waals surface area (Å²) in [6.45, 7) is 3.14. The second-order valence-corrected chi connectivity index (χ2v) is 9.54. The van der Waals surface area contributed by atoms with E-state index in [9.17, 15) is 0 Å². The van der Waals surface area contributed by atoms with E-state index in [1.54, 1.807) is 11.3 Å². The summed E-state index contributed by atoms with van der Waals surface area (Å²) >= 11 is 7.40. The fourth-order valence-electron chi connectivity index (χ4n) is 3.08. The van der Waals surface area contributed by atoms with Crippen LogP contribution in [0.3, 0.4) is 0 Å². The Kier molecular flexibility index (Phi) is 4.40. The number of thiophene rings is 1. The quantitative estimate of drug-likeness (QED) is 0.642. The van der Waals surface area contributed by atoms with Gasteiger partial charge in [0.2, 0.25) is 0 Å². The zero-order chi connectivity index (χ0) is 16.7. The van der Waals surface area contributed by atoms with Gasteiger partial charge in [-0.25, -0.2) is 0 Å². The number of hydrogen-bond acceptors (Lipinski definition) is 5. The average Bonchev–Trinajstić information content (AvgIpc) is 2.99. The highest BCUT2D eigenvalue weighted by atomic mass is 79.9. The third kappa shape index (κ3) is 2.78. The van der Waals surface area contributed by atoms with Gasteiger partial charge < -0.3 is 5.32 Å². The minimum atomic E-state index is 0.267. The molecule has 0 amide bonds. The van der Waals surface area contributed by atoms with Gasteiger partial charge in [0, 0.05) is 36.0 Å².